The summed E-state index contributed by atoms with van der Waals surface area (Å²) in [5.74, 6) is -0.239. The van der Waals surface area contributed by atoms with Gasteiger partial charge in [-0.3, -0.25) is 14.4 Å². The van der Waals surface area contributed by atoms with Crippen LogP contribution in [0.15, 0.2) is 34.7 Å². The van der Waals surface area contributed by atoms with E-state index in [1.165, 1.54) is 0 Å². The second-order valence-corrected chi connectivity index (χ2v) is 12.7. The zero-order chi connectivity index (χ0) is 26.6. The SMILES string of the molecule is COc1cc(C2C3=C(CC(C)(C)CC3=O)N(CCC(=O)O)C3=C2C(=O)CC(C)(C)C3)cc(I)c1OC. The van der Waals surface area contributed by atoms with Crippen molar-refractivity contribution < 1.29 is 29.0 Å². The van der Waals surface area contributed by atoms with E-state index in [2.05, 4.69) is 50.3 Å². The van der Waals surface area contributed by atoms with Gasteiger partial charge in [-0.2, -0.15) is 0 Å². The molecule has 0 bridgehead atoms. The maximum absolute atomic E-state index is 13.8. The van der Waals surface area contributed by atoms with Gasteiger partial charge >= 0.3 is 5.97 Å². The van der Waals surface area contributed by atoms with E-state index in [-0.39, 0.29) is 35.4 Å². The van der Waals surface area contributed by atoms with Gasteiger partial charge in [-0.15, -0.1) is 0 Å². The summed E-state index contributed by atoms with van der Waals surface area (Å²) >= 11 is 2.19. The molecule has 4 rings (SSSR count). The molecule has 0 fully saturated rings. The fourth-order valence-corrected chi connectivity index (χ4v) is 6.81. The number of carboxylic acids is 1. The second kappa shape index (κ2) is 9.50. The van der Waals surface area contributed by atoms with E-state index < -0.39 is 11.9 Å². The number of hydrogen-bond acceptors (Lipinski definition) is 6. The number of carbonyl (C=O) groups is 3. The van der Waals surface area contributed by atoms with Crippen LogP contribution in [-0.4, -0.2) is 48.3 Å². The number of benzene rings is 1. The largest absolute Gasteiger partial charge is 0.493 e. The molecular weight excluding hydrogens is 573 g/mol. The Morgan fingerprint density at radius 2 is 1.50 bits per heavy atom. The number of carboxylic acid groups (broad SMARTS) is 1. The summed E-state index contributed by atoms with van der Waals surface area (Å²) in [6.07, 6.45) is 1.96. The molecule has 0 aromatic heterocycles. The lowest BCUT2D eigenvalue weighted by Crippen LogP contribution is -2.45. The summed E-state index contributed by atoms with van der Waals surface area (Å²) in [6.45, 7) is 8.50. The smallest absolute Gasteiger partial charge is 0.305 e. The molecule has 194 valence electrons. The molecule has 0 radical (unpaired) electrons. The third-order valence-electron chi connectivity index (χ3n) is 7.36. The van der Waals surface area contributed by atoms with Gasteiger partial charge in [-0.1, -0.05) is 27.7 Å². The van der Waals surface area contributed by atoms with Gasteiger partial charge in [0.25, 0.3) is 0 Å². The lowest BCUT2D eigenvalue weighted by Gasteiger charge is -2.49. The molecule has 3 aliphatic rings. The molecule has 0 saturated carbocycles. The van der Waals surface area contributed by atoms with Gasteiger partial charge in [0.1, 0.15) is 0 Å². The van der Waals surface area contributed by atoms with E-state index in [4.69, 9.17) is 9.47 Å². The van der Waals surface area contributed by atoms with Crippen molar-refractivity contribution in [3.8, 4) is 11.5 Å². The second-order valence-electron chi connectivity index (χ2n) is 11.6. The van der Waals surface area contributed by atoms with Crippen molar-refractivity contribution in [1.29, 1.82) is 0 Å². The Balaban J connectivity index is 2.02. The third kappa shape index (κ3) is 4.80. The number of allylic oxidation sites excluding steroid dienone is 4. The predicted molar refractivity (Wildman–Crippen MR) is 144 cm³/mol. The van der Waals surface area contributed by atoms with Crippen molar-refractivity contribution in [3.63, 3.8) is 0 Å². The number of ether oxygens (including phenoxy) is 2. The number of ketones is 2. The standard InChI is InChI=1S/C28H34INO6/c1-27(2)11-17-24(19(31)13-27)23(15-9-16(29)26(36-6)21(10-15)35-5)25-18(30(17)8-7-22(33)34)12-28(3,4)14-20(25)32/h9-10,23H,7-8,11-14H2,1-6H3,(H,33,34). The van der Waals surface area contributed by atoms with Crippen molar-refractivity contribution in [2.24, 2.45) is 10.8 Å². The Morgan fingerprint density at radius 1 is 0.972 bits per heavy atom. The highest BCUT2D eigenvalue weighted by Crippen LogP contribution is 2.55. The minimum absolute atomic E-state index is 0.0144. The fraction of sp³-hybridized carbons (Fsp3) is 0.536. The zero-order valence-corrected chi connectivity index (χ0v) is 23.9. The highest BCUT2D eigenvalue weighted by Gasteiger charge is 2.49. The topological polar surface area (TPSA) is 93.1 Å². The first kappa shape index (κ1) is 26.7. The third-order valence-corrected chi connectivity index (χ3v) is 8.16. The molecule has 0 saturated heterocycles. The van der Waals surface area contributed by atoms with Gasteiger partial charge < -0.3 is 19.5 Å². The van der Waals surface area contributed by atoms with Crippen LogP contribution in [0, 0.1) is 14.4 Å². The zero-order valence-electron chi connectivity index (χ0n) is 21.8. The van der Waals surface area contributed by atoms with E-state index in [1.54, 1.807) is 14.2 Å². The summed E-state index contributed by atoms with van der Waals surface area (Å²) in [4.78, 5) is 41.2. The Morgan fingerprint density at radius 3 is 1.94 bits per heavy atom. The molecule has 1 heterocycles. The van der Waals surface area contributed by atoms with Crippen molar-refractivity contribution in [3.05, 3.63) is 43.8 Å². The molecule has 8 heteroatoms. The monoisotopic (exact) mass is 607 g/mol. The van der Waals surface area contributed by atoms with Gasteiger partial charge in [-0.05, 0) is 64.0 Å². The minimum Gasteiger partial charge on any atom is -0.493 e. The van der Waals surface area contributed by atoms with Crippen LogP contribution in [0.1, 0.15) is 71.3 Å². The van der Waals surface area contributed by atoms with Crippen LogP contribution in [0.5, 0.6) is 11.5 Å². The average Bonchev–Trinajstić information content (AvgIpc) is 2.74. The number of rotatable bonds is 6. The molecule has 1 N–H and O–H groups in total. The number of Topliss-reactive ketones (excluding diaryl/α,β-unsaturated/α-hetero) is 2. The first-order chi connectivity index (χ1) is 16.8. The quantitative estimate of drug-likeness (QED) is 0.429. The summed E-state index contributed by atoms with van der Waals surface area (Å²) in [5.41, 5.74) is 3.24. The van der Waals surface area contributed by atoms with Crippen LogP contribution in [0.2, 0.25) is 0 Å². The number of nitrogens with zero attached hydrogens (tertiary/aromatic N) is 1. The number of hydrogen-bond donors (Lipinski definition) is 1. The summed E-state index contributed by atoms with van der Waals surface area (Å²) < 4.78 is 12.0. The van der Waals surface area contributed by atoms with Crippen LogP contribution < -0.4 is 9.47 Å². The van der Waals surface area contributed by atoms with Crippen molar-refractivity contribution >= 4 is 40.1 Å². The molecule has 7 nitrogen and oxygen atoms in total. The maximum Gasteiger partial charge on any atom is 0.305 e. The minimum atomic E-state index is -0.904. The van der Waals surface area contributed by atoms with E-state index in [1.807, 2.05) is 17.0 Å². The molecule has 0 unspecified atom stereocenters. The normalized spacial score (nSPS) is 21.4. The Kier molecular flexibility index (Phi) is 7.05. The first-order valence-electron chi connectivity index (χ1n) is 12.2. The Bertz CT molecular complexity index is 1150. The lowest BCUT2D eigenvalue weighted by atomic mass is 9.63. The van der Waals surface area contributed by atoms with E-state index in [0.717, 1.165) is 20.5 Å². The highest BCUT2D eigenvalue weighted by atomic mass is 127. The van der Waals surface area contributed by atoms with Crippen LogP contribution in [0.3, 0.4) is 0 Å². The van der Waals surface area contributed by atoms with Gasteiger partial charge in [0, 0.05) is 47.8 Å². The van der Waals surface area contributed by atoms with Crippen LogP contribution in [-0.2, 0) is 14.4 Å². The summed E-state index contributed by atoms with van der Waals surface area (Å²) in [6, 6.07) is 3.84. The Labute approximate surface area is 226 Å². The van der Waals surface area contributed by atoms with Crippen LogP contribution in [0.25, 0.3) is 0 Å². The van der Waals surface area contributed by atoms with E-state index in [0.29, 0.717) is 48.3 Å². The molecule has 0 atom stereocenters. The molecule has 36 heavy (non-hydrogen) atoms. The highest BCUT2D eigenvalue weighted by molar-refractivity contribution is 14.1. The number of methoxy groups -OCH3 is 2. The number of carbonyl (C=O) groups excluding carboxylic acids is 2. The van der Waals surface area contributed by atoms with Gasteiger partial charge in [0.15, 0.2) is 23.1 Å². The van der Waals surface area contributed by atoms with E-state index >= 15 is 0 Å². The van der Waals surface area contributed by atoms with Gasteiger partial charge in [0.05, 0.1) is 24.2 Å². The van der Waals surface area contributed by atoms with Crippen LogP contribution >= 0.6 is 22.6 Å². The fourth-order valence-electron chi connectivity index (χ4n) is 5.96. The molecule has 1 aromatic rings. The van der Waals surface area contributed by atoms with Gasteiger partial charge in [0.2, 0.25) is 0 Å². The van der Waals surface area contributed by atoms with Crippen LogP contribution in [0.4, 0.5) is 0 Å². The van der Waals surface area contributed by atoms with Gasteiger partial charge in [-0.25, -0.2) is 0 Å². The average molecular weight is 607 g/mol. The maximum atomic E-state index is 13.8. The molecule has 2 aliphatic carbocycles. The van der Waals surface area contributed by atoms with Crippen molar-refractivity contribution in [1.82, 2.24) is 4.90 Å². The molecule has 0 spiro atoms. The van der Waals surface area contributed by atoms with Crippen molar-refractivity contribution in [2.75, 3.05) is 20.8 Å². The number of aliphatic carboxylic acids is 1. The molecule has 1 aliphatic heterocycles. The first-order valence-corrected chi connectivity index (χ1v) is 13.3. The molecule has 0 amide bonds. The summed E-state index contributed by atoms with van der Waals surface area (Å²) in [5, 5.41) is 9.49. The number of halogens is 1. The molecular formula is C28H34INO6. The van der Waals surface area contributed by atoms with Crippen molar-refractivity contribution in [2.45, 2.75) is 65.7 Å². The molecule has 1 aromatic carbocycles. The Hall–Kier alpha value is -2.36. The lowest BCUT2D eigenvalue weighted by molar-refractivity contribution is -0.137. The van der Waals surface area contributed by atoms with E-state index in [9.17, 15) is 19.5 Å². The predicted octanol–water partition coefficient (Wildman–Crippen LogP) is 5.47. The summed E-state index contributed by atoms with van der Waals surface area (Å²) in [7, 11) is 3.16.